The van der Waals surface area contributed by atoms with Crippen LogP contribution >= 0.6 is 0 Å². The third-order valence-electron chi connectivity index (χ3n) is 4.58. The molecule has 0 bridgehead atoms. The average Bonchev–Trinajstić information content (AvgIpc) is 2.95. The molecule has 2 rings (SSSR count). The van der Waals surface area contributed by atoms with Gasteiger partial charge in [-0.05, 0) is 31.9 Å². The molecule has 0 saturated heterocycles. The van der Waals surface area contributed by atoms with Crippen molar-refractivity contribution >= 4 is 21.9 Å². The zero-order valence-electron chi connectivity index (χ0n) is 15.8. The molecule has 0 spiro atoms. The third kappa shape index (κ3) is 6.32. The maximum Gasteiger partial charge on any atom is 0.321 e. The zero-order valence-corrected chi connectivity index (χ0v) is 16.6. The number of carbonyl (C=O) groups excluding carboxylic acids is 2. The van der Waals surface area contributed by atoms with Gasteiger partial charge < -0.3 is 10.1 Å². The maximum atomic E-state index is 12.3. The smallest absolute Gasteiger partial charge is 0.321 e. The fourth-order valence-electron chi connectivity index (χ4n) is 3.06. The molecule has 1 saturated carbocycles. The fraction of sp³-hybridized carbons (Fsp3) is 0.526. The van der Waals surface area contributed by atoms with Crippen LogP contribution in [0, 0.1) is 11.3 Å². The SMILES string of the molecule is C[C@H](OC(=O)CNS(=O)(=O)c1ccccc1C#N)C(=O)NC1CCCCCC1. The van der Waals surface area contributed by atoms with E-state index in [1.807, 2.05) is 0 Å². The number of amides is 1. The molecule has 1 amide bonds. The monoisotopic (exact) mass is 407 g/mol. The number of nitriles is 1. The largest absolute Gasteiger partial charge is 0.452 e. The molecule has 0 radical (unpaired) electrons. The van der Waals surface area contributed by atoms with Crippen molar-refractivity contribution in [3.63, 3.8) is 0 Å². The fourth-order valence-corrected chi connectivity index (χ4v) is 4.18. The Morgan fingerprint density at radius 2 is 1.86 bits per heavy atom. The minimum absolute atomic E-state index is 0.0282. The highest BCUT2D eigenvalue weighted by Crippen LogP contribution is 2.17. The van der Waals surface area contributed by atoms with Gasteiger partial charge in [-0.15, -0.1) is 0 Å². The van der Waals surface area contributed by atoms with E-state index in [4.69, 9.17) is 10.00 Å². The standard InChI is InChI=1S/C19H25N3O5S/c1-14(19(24)22-16-9-4-2-3-5-10-16)27-18(23)13-21-28(25,26)17-11-7-6-8-15(17)12-20/h6-8,11,14,16,21H,2-5,9-10,13H2,1H3,(H,22,24)/t14-/m0/s1. The number of nitrogens with zero attached hydrogens (tertiary/aromatic N) is 1. The Morgan fingerprint density at radius 3 is 2.50 bits per heavy atom. The zero-order chi connectivity index (χ0) is 20.6. The molecule has 1 aromatic carbocycles. The Balaban J connectivity index is 1.85. The van der Waals surface area contributed by atoms with Crippen molar-refractivity contribution in [3.05, 3.63) is 29.8 Å². The molecule has 1 aromatic rings. The lowest BCUT2D eigenvalue weighted by Crippen LogP contribution is -2.43. The van der Waals surface area contributed by atoms with E-state index in [9.17, 15) is 18.0 Å². The van der Waals surface area contributed by atoms with Crippen LogP contribution in [0.3, 0.4) is 0 Å². The van der Waals surface area contributed by atoms with Crippen LogP contribution in [0.4, 0.5) is 0 Å². The summed E-state index contributed by atoms with van der Waals surface area (Å²) in [7, 11) is -4.05. The highest BCUT2D eigenvalue weighted by atomic mass is 32.2. The summed E-state index contributed by atoms with van der Waals surface area (Å²) in [4.78, 5) is 23.9. The number of hydrogen-bond acceptors (Lipinski definition) is 6. The highest BCUT2D eigenvalue weighted by Gasteiger charge is 2.24. The first-order chi connectivity index (χ1) is 13.3. The molecule has 2 N–H and O–H groups in total. The number of sulfonamides is 1. The van der Waals surface area contributed by atoms with Gasteiger partial charge in [-0.25, -0.2) is 8.42 Å². The molecule has 0 aromatic heterocycles. The molecule has 8 nitrogen and oxygen atoms in total. The molecule has 0 heterocycles. The lowest BCUT2D eigenvalue weighted by Gasteiger charge is -2.19. The van der Waals surface area contributed by atoms with E-state index in [2.05, 4.69) is 10.0 Å². The van der Waals surface area contributed by atoms with E-state index in [-0.39, 0.29) is 16.5 Å². The molecule has 1 aliphatic rings. The van der Waals surface area contributed by atoms with Gasteiger partial charge in [0.2, 0.25) is 10.0 Å². The van der Waals surface area contributed by atoms with Gasteiger partial charge in [0.25, 0.3) is 5.91 Å². The summed E-state index contributed by atoms with van der Waals surface area (Å²) in [5, 5.41) is 11.9. The van der Waals surface area contributed by atoms with Gasteiger partial charge >= 0.3 is 5.97 Å². The predicted octanol–water partition coefficient (Wildman–Crippen LogP) is 1.61. The van der Waals surface area contributed by atoms with Crippen LogP contribution in [0.5, 0.6) is 0 Å². The van der Waals surface area contributed by atoms with Crippen molar-refractivity contribution in [2.24, 2.45) is 0 Å². The second kappa shape index (κ2) is 10.2. The number of hydrogen-bond donors (Lipinski definition) is 2. The van der Waals surface area contributed by atoms with Crippen LogP contribution in [-0.4, -0.2) is 39.0 Å². The van der Waals surface area contributed by atoms with Crippen molar-refractivity contribution in [1.82, 2.24) is 10.0 Å². The number of nitrogens with one attached hydrogen (secondary N) is 2. The van der Waals surface area contributed by atoms with E-state index in [0.717, 1.165) is 38.5 Å². The van der Waals surface area contributed by atoms with Crippen molar-refractivity contribution < 1.29 is 22.7 Å². The first-order valence-corrected chi connectivity index (χ1v) is 10.8. The van der Waals surface area contributed by atoms with Crippen molar-refractivity contribution in [1.29, 1.82) is 5.26 Å². The first kappa shape index (κ1) is 21.9. The van der Waals surface area contributed by atoms with Crippen LogP contribution < -0.4 is 10.0 Å². The lowest BCUT2D eigenvalue weighted by atomic mass is 10.1. The summed E-state index contributed by atoms with van der Waals surface area (Å²) in [6, 6.07) is 7.53. The van der Waals surface area contributed by atoms with Crippen LogP contribution in [0.15, 0.2) is 29.2 Å². The quantitative estimate of drug-likeness (QED) is 0.522. The van der Waals surface area contributed by atoms with Crippen molar-refractivity contribution in [2.75, 3.05) is 6.54 Å². The Hall–Kier alpha value is -2.44. The van der Waals surface area contributed by atoms with Gasteiger partial charge in [0.15, 0.2) is 6.10 Å². The lowest BCUT2D eigenvalue weighted by molar-refractivity contribution is -0.153. The minimum atomic E-state index is -4.05. The Morgan fingerprint density at radius 1 is 1.21 bits per heavy atom. The van der Waals surface area contributed by atoms with E-state index < -0.39 is 34.5 Å². The summed E-state index contributed by atoms with van der Waals surface area (Å²) < 4.78 is 31.7. The second-order valence-corrected chi connectivity index (χ2v) is 8.50. The van der Waals surface area contributed by atoms with Gasteiger partial charge in [0.05, 0.1) is 10.5 Å². The third-order valence-corrected chi connectivity index (χ3v) is 6.04. The van der Waals surface area contributed by atoms with Crippen molar-refractivity contribution in [3.8, 4) is 6.07 Å². The molecule has 0 unspecified atom stereocenters. The molecule has 1 atom stereocenters. The number of esters is 1. The number of ether oxygens (including phenoxy) is 1. The van der Waals surface area contributed by atoms with Crippen LogP contribution in [0.2, 0.25) is 0 Å². The van der Waals surface area contributed by atoms with Crippen LogP contribution in [-0.2, 0) is 24.3 Å². The summed E-state index contributed by atoms with van der Waals surface area (Å²) in [6.45, 7) is 0.812. The molecule has 1 aliphatic carbocycles. The van der Waals surface area contributed by atoms with Gasteiger partial charge in [0, 0.05) is 6.04 Å². The van der Waals surface area contributed by atoms with Gasteiger partial charge in [-0.1, -0.05) is 37.8 Å². The van der Waals surface area contributed by atoms with E-state index in [1.54, 1.807) is 12.1 Å². The van der Waals surface area contributed by atoms with Crippen molar-refractivity contribution in [2.45, 2.75) is 62.5 Å². The maximum absolute atomic E-state index is 12.3. The molecular formula is C19H25N3O5S. The molecular weight excluding hydrogens is 382 g/mol. The van der Waals surface area contributed by atoms with Gasteiger partial charge in [-0.2, -0.15) is 9.98 Å². The molecule has 152 valence electrons. The normalized spacial score (nSPS) is 16.4. The van der Waals surface area contributed by atoms with E-state index >= 15 is 0 Å². The van der Waals surface area contributed by atoms with E-state index in [0.29, 0.717) is 0 Å². The Labute approximate surface area is 165 Å². The summed E-state index contributed by atoms with van der Waals surface area (Å²) in [5.74, 6) is -1.26. The van der Waals surface area contributed by atoms with Crippen LogP contribution in [0.1, 0.15) is 51.0 Å². The Kier molecular flexibility index (Phi) is 7.96. The van der Waals surface area contributed by atoms with Gasteiger partial charge in [0.1, 0.15) is 12.6 Å². The number of carbonyl (C=O) groups is 2. The topological polar surface area (TPSA) is 125 Å². The summed E-state index contributed by atoms with van der Waals surface area (Å²) >= 11 is 0. The number of benzene rings is 1. The van der Waals surface area contributed by atoms with E-state index in [1.165, 1.54) is 25.1 Å². The number of rotatable bonds is 7. The van der Waals surface area contributed by atoms with Gasteiger partial charge in [-0.3, -0.25) is 9.59 Å². The molecule has 9 heteroatoms. The Bertz CT molecular complexity index is 839. The average molecular weight is 407 g/mol. The second-order valence-electron chi connectivity index (χ2n) is 6.76. The summed E-state index contributed by atoms with van der Waals surface area (Å²) in [5.41, 5.74) is -0.0282. The highest BCUT2D eigenvalue weighted by molar-refractivity contribution is 7.89. The molecule has 1 fully saturated rings. The summed E-state index contributed by atoms with van der Waals surface area (Å²) in [6.07, 6.45) is 5.23. The first-order valence-electron chi connectivity index (χ1n) is 9.32. The predicted molar refractivity (Wildman–Crippen MR) is 102 cm³/mol. The van der Waals surface area contributed by atoms with Crippen LogP contribution in [0.25, 0.3) is 0 Å². The molecule has 0 aliphatic heterocycles. The minimum Gasteiger partial charge on any atom is -0.452 e. The molecule has 28 heavy (non-hydrogen) atoms.